The Morgan fingerprint density at radius 3 is 2.49 bits per heavy atom. The number of amides is 1. The van der Waals surface area contributed by atoms with Crippen LogP contribution < -0.4 is 10.1 Å². The summed E-state index contributed by atoms with van der Waals surface area (Å²) in [4.78, 5) is 17.2. The van der Waals surface area contributed by atoms with Gasteiger partial charge in [0.25, 0.3) is 5.91 Å². The van der Waals surface area contributed by atoms with E-state index in [-0.39, 0.29) is 35.2 Å². The van der Waals surface area contributed by atoms with Gasteiger partial charge in [0.1, 0.15) is 10.6 Å². The first-order valence-corrected chi connectivity index (χ1v) is 12.7. The summed E-state index contributed by atoms with van der Waals surface area (Å²) in [5.74, 6) is 1.10. The van der Waals surface area contributed by atoms with Crippen LogP contribution in [0.1, 0.15) is 47.4 Å². The number of hydrogen-bond donors (Lipinski definition) is 1. The van der Waals surface area contributed by atoms with E-state index < -0.39 is 15.9 Å². The van der Waals surface area contributed by atoms with E-state index in [1.54, 1.807) is 12.1 Å². The molecule has 1 saturated heterocycles. The van der Waals surface area contributed by atoms with Crippen molar-refractivity contribution in [2.24, 2.45) is 0 Å². The molecule has 35 heavy (non-hydrogen) atoms. The van der Waals surface area contributed by atoms with Crippen LogP contribution in [-0.4, -0.2) is 62.2 Å². The first-order valence-electron chi connectivity index (χ1n) is 11.3. The molecule has 0 radical (unpaired) electrons. The summed E-state index contributed by atoms with van der Waals surface area (Å²) in [6, 6.07) is 11.6. The molecule has 186 valence electrons. The molecule has 0 aliphatic carbocycles. The van der Waals surface area contributed by atoms with Crippen LogP contribution in [0, 0.1) is 0 Å². The molecule has 0 unspecified atom stereocenters. The number of hydrogen-bond acceptors (Lipinski definition) is 8. The quantitative estimate of drug-likeness (QED) is 0.501. The summed E-state index contributed by atoms with van der Waals surface area (Å²) >= 11 is 0. The highest BCUT2D eigenvalue weighted by Crippen LogP contribution is 2.29. The van der Waals surface area contributed by atoms with E-state index in [9.17, 15) is 13.2 Å². The molecule has 1 aliphatic rings. The van der Waals surface area contributed by atoms with E-state index in [2.05, 4.69) is 15.5 Å². The first-order chi connectivity index (χ1) is 16.8. The third-order valence-corrected chi connectivity index (χ3v) is 7.49. The molecule has 0 bridgehead atoms. The van der Waals surface area contributed by atoms with E-state index >= 15 is 0 Å². The predicted octanol–water partition coefficient (Wildman–Crippen LogP) is 3.07. The van der Waals surface area contributed by atoms with Gasteiger partial charge in [0.05, 0.1) is 20.3 Å². The topological polar surface area (TPSA) is 124 Å². The van der Waals surface area contributed by atoms with E-state index in [0.29, 0.717) is 37.0 Å². The minimum atomic E-state index is -3.84. The molecule has 1 N–H and O–H groups in total. The largest absolute Gasteiger partial charge is 0.495 e. The van der Waals surface area contributed by atoms with Crippen molar-refractivity contribution in [3.05, 3.63) is 65.3 Å². The molecule has 4 rings (SSSR count). The van der Waals surface area contributed by atoms with Crippen LogP contribution in [0.3, 0.4) is 0 Å². The Hall–Kier alpha value is -3.28. The van der Waals surface area contributed by atoms with Crippen LogP contribution in [-0.2, 0) is 21.2 Å². The average molecular weight is 501 g/mol. The molecule has 1 fully saturated rings. The highest BCUT2D eigenvalue weighted by molar-refractivity contribution is 7.89. The zero-order valence-corrected chi connectivity index (χ0v) is 20.7. The maximum absolute atomic E-state index is 13.2. The lowest BCUT2D eigenvalue weighted by molar-refractivity contribution is 0.0729. The Labute approximate surface area is 204 Å². The van der Waals surface area contributed by atoms with Crippen molar-refractivity contribution in [1.29, 1.82) is 0 Å². The van der Waals surface area contributed by atoms with Crippen molar-refractivity contribution < 1.29 is 27.2 Å². The monoisotopic (exact) mass is 500 g/mol. The normalized spacial score (nSPS) is 14.7. The standard InChI is InChI=1S/C24H28N4O6S/c1-16(2)24-26-22(27-34-24)14-17-4-7-19(8-5-17)25-23(29)18-6-9-20(32-3)21(15-18)35(30,31)28-10-12-33-13-11-28/h4-9,15-16H,10-14H2,1-3H3,(H,25,29). The molecule has 1 aromatic heterocycles. The number of nitrogens with one attached hydrogen (secondary N) is 1. The van der Waals surface area contributed by atoms with E-state index in [4.69, 9.17) is 14.0 Å². The fraction of sp³-hybridized carbons (Fsp3) is 0.375. The van der Waals surface area contributed by atoms with Crippen molar-refractivity contribution in [3.63, 3.8) is 0 Å². The summed E-state index contributed by atoms with van der Waals surface area (Å²) in [6.45, 7) is 5.11. The summed E-state index contributed by atoms with van der Waals surface area (Å²) in [5, 5.41) is 6.80. The van der Waals surface area contributed by atoms with Crippen molar-refractivity contribution in [2.45, 2.75) is 31.1 Å². The van der Waals surface area contributed by atoms with Gasteiger partial charge in [-0.25, -0.2) is 8.42 Å². The van der Waals surface area contributed by atoms with Crippen LogP contribution >= 0.6 is 0 Å². The number of methoxy groups -OCH3 is 1. The molecule has 1 amide bonds. The molecule has 0 atom stereocenters. The van der Waals surface area contributed by atoms with Crippen LogP contribution in [0.15, 0.2) is 51.9 Å². The number of ether oxygens (including phenoxy) is 2. The number of anilines is 1. The number of benzene rings is 2. The summed E-state index contributed by atoms with van der Waals surface area (Å²) < 4.78 is 43.4. The number of nitrogens with zero attached hydrogens (tertiary/aromatic N) is 3. The molecular weight excluding hydrogens is 472 g/mol. The summed E-state index contributed by atoms with van der Waals surface area (Å²) in [7, 11) is -2.45. The molecule has 2 heterocycles. The third kappa shape index (κ3) is 5.69. The predicted molar refractivity (Wildman–Crippen MR) is 128 cm³/mol. The summed E-state index contributed by atoms with van der Waals surface area (Å²) in [5.41, 5.74) is 1.74. The Morgan fingerprint density at radius 1 is 1.14 bits per heavy atom. The molecule has 11 heteroatoms. The van der Waals surface area contributed by atoms with Gasteiger partial charge in [-0.15, -0.1) is 0 Å². The number of morpholine rings is 1. The number of carbonyl (C=O) groups excluding carboxylic acids is 1. The van der Waals surface area contributed by atoms with Gasteiger partial charge in [-0.05, 0) is 35.9 Å². The van der Waals surface area contributed by atoms with E-state index in [1.165, 1.54) is 29.6 Å². The van der Waals surface area contributed by atoms with Crippen molar-refractivity contribution in [1.82, 2.24) is 14.4 Å². The van der Waals surface area contributed by atoms with Gasteiger partial charge in [0.15, 0.2) is 5.82 Å². The Morgan fingerprint density at radius 2 is 1.86 bits per heavy atom. The Bertz CT molecular complexity index is 1280. The molecule has 0 spiro atoms. The fourth-order valence-electron chi connectivity index (χ4n) is 3.61. The molecular formula is C24H28N4O6S. The zero-order valence-electron chi connectivity index (χ0n) is 19.9. The SMILES string of the molecule is COc1ccc(C(=O)Nc2ccc(Cc3noc(C(C)C)n3)cc2)cc1S(=O)(=O)N1CCOCC1. The second-order valence-electron chi connectivity index (χ2n) is 8.41. The Balaban J connectivity index is 1.48. The van der Waals surface area contributed by atoms with Gasteiger partial charge >= 0.3 is 0 Å². The number of aromatic nitrogens is 2. The van der Waals surface area contributed by atoms with Gasteiger partial charge < -0.3 is 19.3 Å². The minimum Gasteiger partial charge on any atom is -0.495 e. The Kier molecular flexibility index (Phi) is 7.48. The first kappa shape index (κ1) is 24.8. The molecule has 2 aromatic carbocycles. The van der Waals surface area contributed by atoms with Crippen LogP contribution in [0.25, 0.3) is 0 Å². The fourth-order valence-corrected chi connectivity index (χ4v) is 5.20. The lowest BCUT2D eigenvalue weighted by Crippen LogP contribution is -2.40. The highest BCUT2D eigenvalue weighted by Gasteiger charge is 2.30. The van der Waals surface area contributed by atoms with Gasteiger partial charge in [-0.1, -0.05) is 31.1 Å². The smallest absolute Gasteiger partial charge is 0.255 e. The molecule has 10 nitrogen and oxygen atoms in total. The van der Waals surface area contributed by atoms with Crippen molar-refractivity contribution in [2.75, 3.05) is 38.7 Å². The van der Waals surface area contributed by atoms with E-state index in [1.807, 2.05) is 26.0 Å². The maximum atomic E-state index is 13.2. The second-order valence-corrected chi connectivity index (χ2v) is 10.3. The zero-order chi connectivity index (χ0) is 25.0. The molecule has 0 saturated carbocycles. The second kappa shape index (κ2) is 10.5. The molecule has 3 aromatic rings. The average Bonchev–Trinajstić information content (AvgIpc) is 3.34. The lowest BCUT2D eigenvalue weighted by atomic mass is 10.1. The van der Waals surface area contributed by atoms with Crippen molar-refractivity contribution in [3.8, 4) is 5.75 Å². The minimum absolute atomic E-state index is 0.0502. The van der Waals surface area contributed by atoms with Crippen molar-refractivity contribution >= 4 is 21.6 Å². The van der Waals surface area contributed by atoms with Gasteiger partial charge in [-0.2, -0.15) is 9.29 Å². The van der Waals surface area contributed by atoms with Crippen LogP contribution in [0.4, 0.5) is 5.69 Å². The number of carbonyl (C=O) groups is 1. The molecule has 1 aliphatic heterocycles. The third-order valence-electron chi connectivity index (χ3n) is 5.57. The van der Waals surface area contributed by atoms with Crippen LogP contribution in [0.5, 0.6) is 5.75 Å². The van der Waals surface area contributed by atoms with Crippen LogP contribution in [0.2, 0.25) is 0 Å². The number of rotatable bonds is 8. The van der Waals surface area contributed by atoms with Gasteiger partial charge in [0.2, 0.25) is 15.9 Å². The number of sulfonamides is 1. The van der Waals surface area contributed by atoms with E-state index in [0.717, 1.165) is 5.56 Å². The lowest BCUT2D eigenvalue weighted by Gasteiger charge is -2.26. The van der Waals surface area contributed by atoms with Gasteiger partial charge in [0, 0.05) is 36.7 Å². The summed E-state index contributed by atoms with van der Waals surface area (Å²) in [6.07, 6.45) is 0.506. The maximum Gasteiger partial charge on any atom is 0.255 e. The van der Waals surface area contributed by atoms with Gasteiger partial charge in [-0.3, -0.25) is 4.79 Å². The highest BCUT2D eigenvalue weighted by atomic mass is 32.2.